The fourth-order valence-electron chi connectivity index (χ4n) is 2.94. The van der Waals surface area contributed by atoms with Crippen LogP contribution in [0.5, 0.6) is 11.5 Å². The molecule has 146 valence electrons. The molecule has 0 saturated heterocycles. The number of methoxy groups -OCH3 is 2. The number of ether oxygens (including phenoxy) is 2. The summed E-state index contributed by atoms with van der Waals surface area (Å²) in [5.74, 6) is 1.56. The molecular formula is C21H19N5O3. The van der Waals surface area contributed by atoms with Gasteiger partial charge in [-0.15, -0.1) is 0 Å². The van der Waals surface area contributed by atoms with Gasteiger partial charge in [0.1, 0.15) is 5.65 Å². The van der Waals surface area contributed by atoms with Gasteiger partial charge in [-0.25, -0.2) is 14.8 Å². The SMILES string of the molecule is COc1ccc(-c2cc3nccn3c(NC(=O)Nc3ccccc3)n2)cc1OC. The molecule has 2 aromatic heterocycles. The van der Waals surface area contributed by atoms with E-state index in [4.69, 9.17) is 9.47 Å². The van der Waals surface area contributed by atoms with Crippen molar-refractivity contribution in [2.24, 2.45) is 0 Å². The van der Waals surface area contributed by atoms with Gasteiger partial charge in [-0.2, -0.15) is 0 Å². The highest BCUT2D eigenvalue weighted by Gasteiger charge is 2.13. The van der Waals surface area contributed by atoms with Crippen LogP contribution in [0.1, 0.15) is 0 Å². The summed E-state index contributed by atoms with van der Waals surface area (Å²) in [6.07, 6.45) is 3.38. The Morgan fingerprint density at radius 2 is 1.76 bits per heavy atom. The first kappa shape index (κ1) is 18.3. The first-order valence-electron chi connectivity index (χ1n) is 8.87. The largest absolute Gasteiger partial charge is 0.493 e. The van der Waals surface area contributed by atoms with Crippen LogP contribution in [0.25, 0.3) is 16.9 Å². The minimum Gasteiger partial charge on any atom is -0.493 e. The van der Waals surface area contributed by atoms with Crippen molar-refractivity contribution in [3.8, 4) is 22.8 Å². The average Bonchev–Trinajstić information content (AvgIpc) is 3.23. The first-order chi connectivity index (χ1) is 14.2. The zero-order chi connectivity index (χ0) is 20.2. The van der Waals surface area contributed by atoms with Gasteiger partial charge < -0.3 is 14.8 Å². The molecule has 0 spiro atoms. The highest BCUT2D eigenvalue weighted by molar-refractivity contribution is 5.99. The molecule has 8 heteroatoms. The standard InChI is InChI=1S/C21H19N5O3/c1-28-17-9-8-14(12-18(17)29-2)16-13-19-22-10-11-26(19)20(24-16)25-21(27)23-15-6-4-3-5-7-15/h3-13H,1-2H3,(H2,23,24,25,27). The van der Waals surface area contributed by atoms with E-state index in [1.165, 1.54) is 0 Å². The van der Waals surface area contributed by atoms with E-state index in [0.29, 0.717) is 34.5 Å². The molecule has 2 heterocycles. The lowest BCUT2D eigenvalue weighted by Crippen LogP contribution is -2.21. The number of para-hydroxylation sites is 1. The van der Waals surface area contributed by atoms with Crippen LogP contribution in [0, 0.1) is 0 Å². The number of aromatic nitrogens is 3. The Morgan fingerprint density at radius 3 is 2.52 bits per heavy atom. The van der Waals surface area contributed by atoms with Gasteiger partial charge in [-0.3, -0.25) is 9.72 Å². The summed E-state index contributed by atoms with van der Waals surface area (Å²) >= 11 is 0. The second-order valence-electron chi connectivity index (χ2n) is 6.14. The second-order valence-corrected chi connectivity index (χ2v) is 6.14. The number of hydrogen-bond donors (Lipinski definition) is 2. The summed E-state index contributed by atoms with van der Waals surface area (Å²) < 4.78 is 12.4. The van der Waals surface area contributed by atoms with Crippen molar-refractivity contribution in [2.45, 2.75) is 0 Å². The fourth-order valence-corrected chi connectivity index (χ4v) is 2.94. The first-order valence-corrected chi connectivity index (χ1v) is 8.87. The summed E-state index contributed by atoms with van der Waals surface area (Å²) in [6.45, 7) is 0. The predicted molar refractivity (Wildman–Crippen MR) is 111 cm³/mol. The minimum atomic E-state index is -0.400. The molecule has 0 radical (unpaired) electrons. The molecule has 0 atom stereocenters. The van der Waals surface area contributed by atoms with Crippen molar-refractivity contribution in [3.05, 3.63) is 67.0 Å². The molecule has 4 aromatic rings. The van der Waals surface area contributed by atoms with Gasteiger partial charge in [0.2, 0.25) is 5.95 Å². The van der Waals surface area contributed by atoms with Crippen LogP contribution in [0.3, 0.4) is 0 Å². The number of imidazole rings is 1. The van der Waals surface area contributed by atoms with Crippen LogP contribution in [0.2, 0.25) is 0 Å². The van der Waals surface area contributed by atoms with E-state index < -0.39 is 6.03 Å². The molecule has 0 saturated carbocycles. The Morgan fingerprint density at radius 1 is 0.966 bits per heavy atom. The summed E-state index contributed by atoms with van der Waals surface area (Å²) in [5, 5.41) is 5.57. The number of benzene rings is 2. The van der Waals surface area contributed by atoms with Crippen molar-refractivity contribution in [2.75, 3.05) is 24.9 Å². The molecule has 0 aliphatic heterocycles. The van der Waals surface area contributed by atoms with Gasteiger partial charge in [0.15, 0.2) is 11.5 Å². The number of hydrogen-bond acceptors (Lipinski definition) is 5. The molecule has 0 aliphatic rings. The molecule has 4 rings (SSSR count). The summed E-state index contributed by atoms with van der Waals surface area (Å²) in [4.78, 5) is 21.4. The number of urea groups is 1. The topological polar surface area (TPSA) is 89.8 Å². The van der Waals surface area contributed by atoms with E-state index in [9.17, 15) is 4.79 Å². The van der Waals surface area contributed by atoms with Crippen LogP contribution in [-0.2, 0) is 0 Å². The third-order valence-corrected chi connectivity index (χ3v) is 4.33. The zero-order valence-electron chi connectivity index (χ0n) is 15.9. The van der Waals surface area contributed by atoms with Gasteiger partial charge in [0.25, 0.3) is 0 Å². The molecular weight excluding hydrogens is 370 g/mol. The lowest BCUT2D eigenvalue weighted by molar-refractivity contribution is 0.262. The summed E-state index contributed by atoms with van der Waals surface area (Å²) in [5.41, 5.74) is 2.78. The number of nitrogens with zero attached hydrogens (tertiary/aromatic N) is 3. The van der Waals surface area contributed by atoms with Crippen LogP contribution in [0.4, 0.5) is 16.4 Å². The van der Waals surface area contributed by atoms with Crippen molar-refractivity contribution < 1.29 is 14.3 Å². The Kier molecular flexibility index (Phi) is 4.98. The van der Waals surface area contributed by atoms with Crippen LogP contribution < -0.4 is 20.1 Å². The molecule has 2 aromatic carbocycles. The Balaban J connectivity index is 1.68. The fraction of sp³-hybridized carbons (Fsp3) is 0.0952. The number of anilines is 2. The summed E-state index contributed by atoms with van der Waals surface area (Å²) in [6, 6.07) is 16.1. The molecule has 2 amide bonds. The van der Waals surface area contributed by atoms with Crippen molar-refractivity contribution in [1.29, 1.82) is 0 Å². The molecule has 8 nitrogen and oxygen atoms in total. The second kappa shape index (κ2) is 7.89. The maximum absolute atomic E-state index is 12.4. The molecule has 0 bridgehead atoms. The van der Waals surface area contributed by atoms with E-state index in [-0.39, 0.29) is 0 Å². The Bertz CT molecular complexity index is 1160. The third-order valence-electron chi connectivity index (χ3n) is 4.33. The molecule has 29 heavy (non-hydrogen) atoms. The average molecular weight is 389 g/mol. The molecule has 0 unspecified atom stereocenters. The number of amides is 2. The minimum absolute atomic E-state index is 0.346. The monoisotopic (exact) mass is 389 g/mol. The van der Waals surface area contributed by atoms with Gasteiger partial charge in [0.05, 0.1) is 19.9 Å². The lowest BCUT2D eigenvalue weighted by atomic mass is 10.1. The van der Waals surface area contributed by atoms with E-state index >= 15 is 0 Å². The predicted octanol–water partition coefficient (Wildman–Crippen LogP) is 4.06. The van der Waals surface area contributed by atoms with E-state index in [1.54, 1.807) is 49.2 Å². The maximum Gasteiger partial charge on any atom is 0.326 e. The van der Waals surface area contributed by atoms with E-state index in [2.05, 4.69) is 20.6 Å². The third kappa shape index (κ3) is 3.81. The molecule has 0 fully saturated rings. The van der Waals surface area contributed by atoms with Crippen molar-refractivity contribution in [3.63, 3.8) is 0 Å². The van der Waals surface area contributed by atoms with Gasteiger partial charge in [-0.1, -0.05) is 18.2 Å². The smallest absolute Gasteiger partial charge is 0.326 e. The van der Waals surface area contributed by atoms with Gasteiger partial charge >= 0.3 is 6.03 Å². The zero-order valence-corrected chi connectivity index (χ0v) is 15.9. The van der Waals surface area contributed by atoms with Gasteiger partial charge in [0, 0.05) is 29.7 Å². The van der Waals surface area contributed by atoms with Crippen molar-refractivity contribution in [1.82, 2.24) is 14.4 Å². The lowest BCUT2D eigenvalue weighted by Gasteiger charge is -2.12. The molecule has 0 aliphatic carbocycles. The summed E-state index contributed by atoms with van der Waals surface area (Å²) in [7, 11) is 3.16. The van der Waals surface area contributed by atoms with E-state index in [1.807, 2.05) is 36.4 Å². The quantitative estimate of drug-likeness (QED) is 0.537. The highest BCUT2D eigenvalue weighted by Crippen LogP contribution is 2.32. The number of fused-ring (bicyclic) bond motifs is 1. The van der Waals surface area contributed by atoms with Crippen LogP contribution in [-0.4, -0.2) is 34.6 Å². The maximum atomic E-state index is 12.4. The molecule has 2 N–H and O–H groups in total. The normalized spacial score (nSPS) is 10.6. The Hall–Kier alpha value is -4.07. The number of carbonyl (C=O) groups is 1. The van der Waals surface area contributed by atoms with Crippen molar-refractivity contribution >= 4 is 23.3 Å². The number of carbonyl (C=O) groups excluding carboxylic acids is 1. The van der Waals surface area contributed by atoms with Crippen LogP contribution in [0.15, 0.2) is 67.0 Å². The number of rotatable bonds is 5. The van der Waals surface area contributed by atoms with Gasteiger partial charge in [-0.05, 0) is 30.3 Å². The highest BCUT2D eigenvalue weighted by atomic mass is 16.5. The van der Waals surface area contributed by atoms with E-state index in [0.717, 1.165) is 5.56 Å². The number of nitrogens with one attached hydrogen (secondary N) is 2. The van der Waals surface area contributed by atoms with Crippen LogP contribution >= 0.6 is 0 Å². The Labute approximate surface area is 167 Å².